The van der Waals surface area contributed by atoms with Gasteiger partial charge >= 0.3 is 0 Å². The lowest BCUT2D eigenvalue weighted by molar-refractivity contribution is 0.105. The molecule has 110 valence electrons. The molecule has 0 atom stereocenters. The zero-order valence-corrected chi connectivity index (χ0v) is 13.6. The van der Waals surface area contributed by atoms with E-state index in [0.717, 1.165) is 5.56 Å². The van der Waals surface area contributed by atoms with Crippen LogP contribution in [-0.4, -0.2) is 5.78 Å². The van der Waals surface area contributed by atoms with Gasteiger partial charge in [0.15, 0.2) is 5.78 Å². The second kappa shape index (κ2) is 6.53. The zero-order chi connectivity index (χ0) is 15.5. The number of furan rings is 1. The Bertz CT molecular complexity index is 812. The summed E-state index contributed by atoms with van der Waals surface area (Å²) in [6.07, 6.45) is 3.15. The van der Waals surface area contributed by atoms with E-state index in [1.807, 2.05) is 17.5 Å². The highest BCUT2D eigenvalue weighted by Crippen LogP contribution is 2.29. The quantitative estimate of drug-likeness (QED) is 0.414. The molecule has 0 N–H and O–H groups in total. The minimum Gasteiger partial charge on any atom is -0.457 e. The van der Waals surface area contributed by atoms with Gasteiger partial charge in [0.05, 0.1) is 4.88 Å². The zero-order valence-electron chi connectivity index (χ0n) is 11.3. The maximum absolute atomic E-state index is 11.9. The summed E-state index contributed by atoms with van der Waals surface area (Å²) in [5, 5.41) is 2.96. The van der Waals surface area contributed by atoms with Crippen molar-refractivity contribution in [2.45, 2.75) is 0 Å². The van der Waals surface area contributed by atoms with Crippen LogP contribution in [0.1, 0.15) is 15.4 Å². The molecule has 5 heteroatoms. The molecule has 2 nitrogen and oxygen atoms in total. The van der Waals surface area contributed by atoms with E-state index in [1.54, 1.807) is 36.4 Å². The van der Waals surface area contributed by atoms with E-state index in [-0.39, 0.29) is 5.78 Å². The molecule has 1 aromatic carbocycles. The first-order valence-corrected chi connectivity index (χ1v) is 8.07. The third kappa shape index (κ3) is 3.50. The van der Waals surface area contributed by atoms with Crippen LogP contribution in [0.2, 0.25) is 10.0 Å². The molecule has 2 aromatic heterocycles. The first-order valence-electron chi connectivity index (χ1n) is 6.44. The Morgan fingerprint density at radius 3 is 2.55 bits per heavy atom. The van der Waals surface area contributed by atoms with Gasteiger partial charge in [-0.3, -0.25) is 4.79 Å². The van der Waals surface area contributed by atoms with E-state index < -0.39 is 0 Å². The van der Waals surface area contributed by atoms with Crippen molar-refractivity contribution in [3.05, 3.63) is 74.6 Å². The Kier molecular flexibility index (Phi) is 4.48. The van der Waals surface area contributed by atoms with Crippen LogP contribution in [0.4, 0.5) is 0 Å². The normalized spacial score (nSPS) is 11.2. The van der Waals surface area contributed by atoms with Gasteiger partial charge in [0.25, 0.3) is 0 Å². The number of rotatable bonds is 4. The predicted molar refractivity (Wildman–Crippen MR) is 91.8 cm³/mol. The molecule has 0 amide bonds. The van der Waals surface area contributed by atoms with Crippen LogP contribution in [0.25, 0.3) is 17.4 Å². The minimum atomic E-state index is -0.0428. The fourth-order valence-electron chi connectivity index (χ4n) is 1.95. The molecular weight excluding hydrogens is 339 g/mol. The number of carbonyl (C=O) groups is 1. The van der Waals surface area contributed by atoms with Crippen molar-refractivity contribution < 1.29 is 9.21 Å². The lowest BCUT2D eigenvalue weighted by Gasteiger charge is -1.99. The number of hydrogen-bond acceptors (Lipinski definition) is 3. The van der Waals surface area contributed by atoms with E-state index in [0.29, 0.717) is 26.4 Å². The fourth-order valence-corrected chi connectivity index (χ4v) is 3.12. The largest absolute Gasteiger partial charge is 0.457 e. The van der Waals surface area contributed by atoms with Crippen LogP contribution >= 0.6 is 34.5 Å². The second-order valence-corrected chi connectivity index (χ2v) is 6.36. The maximum Gasteiger partial charge on any atom is 0.195 e. The van der Waals surface area contributed by atoms with Crippen molar-refractivity contribution in [1.82, 2.24) is 0 Å². The van der Waals surface area contributed by atoms with Crippen molar-refractivity contribution in [3.8, 4) is 11.3 Å². The van der Waals surface area contributed by atoms with E-state index in [4.69, 9.17) is 27.6 Å². The van der Waals surface area contributed by atoms with Gasteiger partial charge in [-0.05, 0) is 53.9 Å². The molecule has 0 saturated heterocycles. The molecule has 3 rings (SSSR count). The summed E-state index contributed by atoms with van der Waals surface area (Å²) in [7, 11) is 0. The van der Waals surface area contributed by atoms with Crippen LogP contribution in [0.3, 0.4) is 0 Å². The van der Waals surface area contributed by atoms with E-state index >= 15 is 0 Å². The lowest BCUT2D eigenvalue weighted by atomic mass is 10.2. The predicted octanol–water partition coefficient (Wildman–Crippen LogP) is 6.21. The average molecular weight is 349 g/mol. The summed E-state index contributed by atoms with van der Waals surface area (Å²) in [4.78, 5) is 12.6. The van der Waals surface area contributed by atoms with Gasteiger partial charge in [-0.2, -0.15) is 0 Å². The SMILES string of the molecule is O=C(/C=C/c1ccc(-c2cc(Cl)cc(Cl)c2)o1)c1cccs1. The van der Waals surface area contributed by atoms with E-state index in [9.17, 15) is 4.79 Å². The Labute approximate surface area is 141 Å². The summed E-state index contributed by atoms with van der Waals surface area (Å²) < 4.78 is 5.69. The summed E-state index contributed by atoms with van der Waals surface area (Å²) in [5.41, 5.74) is 0.793. The van der Waals surface area contributed by atoms with E-state index in [2.05, 4.69) is 0 Å². The van der Waals surface area contributed by atoms with Crippen LogP contribution in [0.15, 0.2) is 58.3 Å². The smallest absolute Gasteiger partial charge is 0.195 e. The Morgan fingerprint density at radius 2 is 1.86 bits per heavy atom. The summed E-state index contributed by atoms with van der Waals surface area (Å²) in [5.74, 6) is 1.20. The first kappa shape index (κ1) is 15.1. The van der Waals surface area contributed by atoms with E-state index in [1.165, 1.54) is 17.4 Å². The molecule has 0 unspecified atom stereocenters. The number of ketones is 1. The number of carbonyl (C=O) groups excluding carboxylic acids is 1. The van der Waals surface area contributed by atoms with Crippen molar-refractivity contribution in [3.63, 3.8) is 0 Å². The molecule has 0 saturated carbocycles. The second-order valence-electron chi connectivity index (χ2n) is 4.54. The summed E-state index contributed by atoms with van der Waals surface area (Å²) in [6.45, 7) is 0. The van der Waals surface area contributed by atoms with Crippen molar-refractivity contribution in [2.75, 3.05) is 0 Å². The third-order valence-electron chi connectivity index (χ3n) is 2.94. The van der Waals surface area contributed by atoms with Crippen molar-refractivity contribution in [1.29, 1.82) is 0 Å². The standard InChI is InChI=1S/C17H10Cl2O2S/c18-12-8-11(9-13(19)10-12)16-6-4-14(21-16)3-5-15(20)17-2-1-7-22-17/h1-10H/b5-3+. The van der Waals surface area contributed by atoms with Crippen molar-refractivity contribution >= 4 is 46.4 Å². The molecule has 0 aliphatic heterocycles. The molecule has 0 fully saturated rings. The monoisotopic (exact) mass is 348 g/mol. The van der Waals surface area contributed by atoms with Gasteiger partial charge in [-0.1, -0.05) is 29.3 Å². The highest BCUT2D eigenvalue weighted by molar-refractivity contribution is 7.12. The molecule has 0 aliphatic carbocycles. The first-order chi connectivity index (χ1) is 10.6. The third-order valence-corrected chi connectivity index (χ3v) is 4.26. The minimum absolute atomic E-state index is 0.0428. The number of hydrogen-bond donors (Lipinski definition) is 0. The van der Waals surface area contributed by atoms with Gasteiger partial charge < -0.3 is 4.42 Å². The number of thiophene rings is 1. The van der Waals surface area contributed by atoms with Gasteiger partial charge in [-0.25, -0.2) is 0 Å². The molecular formula is C17H10Cl2O2S. The molecule has 0 bridgehead atoms. The highest BCUT2D eigenvalue weighted by Gasteiger charge is 2.07. The lowest BCUT2D eigenvalue weighted by Crippen LogP contribution is -1.88. The number of benzene rings is 1. The topological polar surface area (TPSA) is 30.2 Å². The fraction of sp³-hybridized carbons (Fsp3) is 0. The Balaban J connectivity index is 1.80. The van der Waals surface area contributed by atoms with Crippen LogP contribution in [-0.2, 0) is 0 Å². The number of allylic oxidation sites excluding steroid dienone is 1. The molecule has 0 radical (unpaired) electrons. The van der Waals surface area contributed by atoms with Crippen LogP contribution in [0, 0.1) is 0 Å². The van der Waals surface area contributed by atoms with Crippen molar-refractivity contribution in [2.24, 2.45) is 0 Å². The molecule has 2 heterocycles. The van der Waals surface area contributed by atoms with Gasteiger partial charge in [0.2, 0.25) is 0 Å². The molecule has 0 aliphatic rings. The maximum atomic E-state index is 11.9. The molecule has 0 spiro atoms. The Morgan fingerprint density at radius 1 is 1.09 bits per heavy atom. The highest BCUT2D eigenvalue weighted by atomic mass is 35.5. The average Bonchev–Trinajstić information content (AvgIpc) is 3.15. The van der Waals surface area contributed by atoms with Crippen LogP contribution < -0.4 is 0 Å². The van der Waals surface area contributed by atoms with Gasteiger partial charge in [-0.15, -0.1) is 11.3 Å². The Hall–Kier alpha value is -1.81. The van der Waals surface area contributed by atoms with Gasteiger partial charge in [0.1, 0.15) is 11.5 Å². The van der Waals surface area contributed by atoms with Gasteiger partial charge in [0, 0.05) is 15.6 Å². The number of halogens is 2. The molecule has 3 aromatic rings. The summed E-state index contributed by atoms with van der Waals surface area (Å²) >= 11 is 13.4. The summed E-state index contributed by atoms with van der Waals surface area (Å²) in [6, 6.07) is 12.5. The van der Waals surface area contributed by atoms with Crippen LogP contribution in [0.5, 0.6) is 0 Å². The molecule has 22 heavy (non-hydrogen) atoms.